The Morgan fingerprint density at radius 2 is 2.41 bits per heavy atom. The summed E-state index contributed by atoms with van der Waals surface area (Å²) in [5.74, 6) is -0.0570. The van der Waals surface area contributed by atoms with Crippen LogP contribution in [-0.2, 0) is 17.9 Å². The number of likely N-dealkylation sites (tertiary alicyclic amines) is 1. The molecular weight excluding hydrogens is 298 g/mol. The van der Waals surface area contributed by atoms with E-state index in [1.54, 1.807) is 17.5 Å². The summed E-state index contributed by atoms with van der Waals surface area (Å²) in [5, 5.41) is 5.91. The normalized spacial score (nSPS) is 18.5. The molecular formula is C15H19N5OS. The number of aromatic nitrogens is 3. The van der Waals surface area contributed by atoms with Crippen molar-refractivity contribution in [2.75, 3.05) is 6.54 Å². The van der Waals surface area contributed by atoms with Crippen molar-refractivity contribution in [3.05, 3.63) is 40.4 Å². The molecule has 22 heavy (non-hydrogen) atoms. The zero-order chi connectivity index (χ0) is 15.4. The molecule has 3 heterocycles. The van der Waals surface area contributed by atoms with Crippen LogP contribution in [0.5, 0.6) is 0 Å². The topological polar surface area (TPSA) is 71.0 Å². The molecule has 1 aliphatic rings. The molecule has 1 saturated heterocycles. The fourth-order valence-corrected chi connectivity index (χ4v) is 3.38. The molecule has 0 aromatic carbocycles. The van der Waals surface area contributed by atoms with Crippen LogP contribution < -0.4 is 5.32 Å². The maximum absolute atomic E-state index is 11.0. The molecule has 2 aromatic heterocycles. The van der Waals surface area contributed by atoms with E-state index in [9.17, 15) is 4.79 Å². The molecule has 0 aliphatic carbocycles. The molecule has 0 saturated carbocycles. The Morgan fingerprint density at radius 1 is 1.50 bits per heavy atom. The predicted octanol–water partition coefficient (Wildman–Crippen LogP) is 1.91. The van der Waals surface area contributed by atoms with Gasteiger partial charge >= 0.3 is 0 Å². The zero-order valence-electron chi connectivity index (χ0n) is 12.5. The first-order valence-corrected chi connectivity index (χ1v) is 8.28. The molecule has 1 N–H and O–H groups in total. The largest absolute Gasteiger partial charge is 0.351 e. The van der Waals surface area contributed by atoms with Crippen molar-refractivity contribution < 1.29 is 4.79 Å². The molecule has 1 aliphatic heterocycles. The monoisotopic (exact) mass is 317 g/mol. The second-order valence-corrected chi connectivity index (χ2v) is 6.38. The van der Waals surface area contributed by atoms with E-state index >= 15 is 0 Å². The van der Waals surface area contributed by atoms with Crippen LogP contribution in [-0.4, -0.2) is 32.3 Å². The van der Waals surface area contributed by atoms with Crippen molar-refractivity contribution in [2.45, 2.75) is 38.9 Å². The fraction of sp³-hybridized carbons (Fsp3) is 0.467. The summed E-state index contributed by atoms with van der Waals surface area (Å²) in [5.41, 5.74) is 1.78. The summed E-state index contributed by atoms with van der Waals surface area (Å²) in [7, 11) is 0. The van der Waals surface area contributed by atoms with E-state index in [-0.39, 0.29) is 11.9 Å². The number of rotatable bonds is 5. The van der Waals surface area contributed by atoms with Gasteiger partial charge < -0.3 is 5.32 Å². The van der Waals surface area contributed by atoms with Crippen molar-refractivity contribution >= 4 is 17.2 Å². The smallest absolute Gasteiger partial charge is 0.217 e. The summed E-state index contributed by atoms with van der Waals surface area (Å²) in [6.07, 6.45) is 7.64. The van der Waals surface area contributed by atoms with Gasteiger partial charge in [-0.15, -0.1) is 11.3 Å². The Balaban J connectivity index is 1.71. The quantitative estimate of drug-likeness (QED) is 0.912. The van der Waals surface area contributed by atoms with Gasteiger partial charge in [0, 0.05) is 18.5 Å². The van der Waals surface area contributed by atoms with Gasteiger partial charge in [-0.25, -0.2) is 4.98 Å². The van der Waals surface area contributed by atoms with Crippen molar-refractivity contribution in [1.29, 1.82) is 0 Å². The number of nitrogens with zero attached hydrogens (tertiary/aromatic N) is 4. The standard InChI is InChI=1S/C15H19N5OS/c1-11(21)18-8-12-7-16-9-13(19-12)14-3-2-5-20(14)10-15-17-4-6-22-15/h4,6-7,9,14H,2-3,5,8,10H2,1H3,(H,18,21). The number of carbonyl (C=O) groups is 1. The van der Waals surface area contributed by atoms with E-state index in [1.165, 1.54) is 6.92 Å². The molecule has 1 amide bonds. The van der Waals surface area contributed by atoms with E-state index in [0.717, 1.165) is 42.3 Å². The lowest BCUT2D eigenvalue weighted by Crippen LogP contribution is -2.24. The first-order valence-electron chi connectivity index (χ1n) is 7.40. The van der Waals surface area contributed by atoms with Crippen LogP contribution in [0, 0.1) is 0 Å². The number of hydrogen-bond acceptors (Lipinski definition) is 6. The van der Waals surface area contributed by atoms with Crippen LogP contribution >= 0.6 is 11.3 Å². The van der Waals surface area contributed by atoms with Crippen LogP contribution in [0.4, 0.5) is 0 Å². The second kappa shape index (κ2) is 6.93. The van der Waals surface area contributed by atoms with Crippen LogP contribution in [0.3, 0.4) is 0 Å². The van der Waals surface area contributed by atoms with Crippen LogP contribution in [0.2, 0.25) is 0 Å². The molecule has 3 rings (SSSR count). The average Bonchev–Trinajstić information content (AvgIpc) is 3.18. The Hall–Kier alpha value is -1.86. The molecule has 0 radical (unpaired) electrons. The van der Waals surface area contributed by atoms with Gasteiger partial charge in [-0.2, -0.15) is 0 Å². The molecule has 1 atom stereocenters. The molecule has 1 fully saturated rings. The maximum Gasteiger partial charge on any atom is 0.217 e. The Labute approximate surface area is 133 Å². The van der Waals surface area contributed by atoms with Gasteiger partial charge in [0.05, 0.1) is 42.9 Å². The molecule has 6 nitrogen and oxygen atoms in total. The third-order valence-electron chi connectivity index (χ3n) is 3.75. The van der Waals surface area contributed by atoms with Crippen molar-refractivity contribution in [1.82, 2.24) is 25.2 Å². The Morgan fingerprint density at radius 3 is 3.18 bits per heavy atom. The van der Waals surface area contributed by atoms with Gasteiger partial charge in [-0.05, 0) is 19.4 Å². The van der Waals surface area contributed by atoms with E-state index in [1.807, 2.05) is 17.8 Å². The van der Waals surface area contributed by atoms with Gasteiger partial charge in [0.25, 0.3) is 0 Å². The minimum Gasteiger partial charge on any atom is -0.351 e. The lowest BCUT2D eigenvalue weighted by atomic mass is 10.1. The van der Waals surface area contributed by atoms with Crippen molar-refractivity contribution in [3.8, 4) is 0 Å². The third kappa shape index (κ3) is 3.66. The lowest BCUT2D eigenvalue weighted by Gasteiger charge is -2.23. The minimum atomic E-state index is -0.0570. The second-order valence-electron chi connectivity index (χ2n) is 5.40. The highest BCUT2D eigenvalue weighted by Gasteiger charge is 2.28. The van der Waals surface area contributed by atoms with Gasteiger partial charge in [-0.3, -0.25) is 19.7 Å². The van der Waals surface area contributed by atoms with Gasteiger partial charge in [-0.1, -0.05) is 0 Å². The summed E-state index contributed by atoms with van der Waals surface area (Å²) in [6, 6.07) is 0.286. The number of hydrogen-bond donors (Lipinski definition) is 1. The summed E-state index contributed by atoms with van der Waals surface area (Å²) < 4.78 is 0. The van der Waals surface area contributed by atoms with Gasteiger partial charge in [0.2, 0.25) is 5.91 Å². The summed E-state index contributed by atoms with van der Waals surface area (Å²) in [4.78, 5) is 26.7. The Bertz CT molecular complexity index is 631. The van der Waals surface area contributed by atoms with E-state index in [2.05, 4.69) is 25.2 Å². The molecule has 7 heteroatoms. The molecule has 1 unspecified atom stereocenters. The highest BCUT2D eigenvalue weighted by Crippen LogP contribution is 2.32. The van der Waals surface area contributed by atoms with Gasteiger partial charge in [0.15, 0.2) is 0 Å². The Kier molecular flexibility index (Phi) is 4.74. The fourth-order valence-electron chi connectivity index (χ4n) is 2.74. The minimum absolute atomic E-state index is 0.0570. The van der Waals surface area contributed by atoms with Gasteiger partial charge in [0.1, 0.15) is 5.01 Å². The van der Waals surface area contributed by atoms with E-state index < -0.39 is 0 Å². The van der Waals surface area contributed by atoms with E-state index in [4.69, 9.17) is 0 Å². The van der Waals surface area contributed by atoms with Crippen molar-refractivity contribution in [3.63, 3.8) is 0 Å². The van der Waals surface area contributed by atoms with Crippen LogP contribution in [0.15, 0.2) is 24.0 Å². The highest BCUT2D eigenvalue weighted by atomic mass is 32.1. The molecule has 0 bridgehead atoms. The van der Waals surface area contributed by atoms with E-state index in [0.29, 0.717) is 6.54 Å². The lowest BCUT2D eigenvalue weighted by molar-refractivity contribution is -0.119. The first kappa shape index (κ1) is 15.1. The molecule has 116 valence electrons. The number of amides is 1. The predicted molar refractivity (Wildman–Crippen MR) is 84.1 cm³/mol. The maximum atomic E-state index is 11.0. The average molecular weight is 317 g/mol. The zero-order valence-corrected chi connectivity index (χ0v) is 13.3. The SMILES string of the molecule is CC(=O)NCc1cncc(C2CCCN2Cc2nccs2)n1. The number of carbonyl (C=O) groups excluding carboxylic acids is 1. The first-order chi connectivity index (χ1) is 10.7. The van der Waals surface area contributed by atoms with Crippen molar-refractivity contribution in [2.24, 2.45) is 0 Å². The van der Waals surface area contributed by atoms with Crippen LogP contribution in [0.25, 0.3) is 0 Å². The number of thiazole rings is 1. The molecule has 2 aromatic rings. The highest BCUT2D eigenvalue weighted by molar-refractivity contribution is 7.09. The third-order valence-corrected chi connectivity index (χ3v) is 4.51. The molecule has 0 spiro atoms. The summed E-state index contributed by atoms with van der Waals surface area (Å²) in [6.45, 7) is 3.85. The number of nitrogens with one attached hydrogen (secondary N) is 1. The van der Waals surface area contributed by atoms with Crippen LogP contribution in [0.1, 0.15) is 42.2 Å². The summed E-state index contributed by atoms with van der Waals surface area (Å²) >= 11 is 1.69.